The molecule has 0 saturated carbocycles. The molecule has 0 amide bonds. The Labute approximate surface area is 77.0 Å². The Kier molecular flexibility index (Phi) is 2.72. The molecule has 72 valence electrons. The lowest BCUT2D eigenvalue weighted by Crippen LogP contribution is -2.25. The molecule has 0 bridgehead atoms. The number of aliphatic carboxylic acids is 1. The van der Waals surface area contributed by atoms with E-state index in [1.54, 1.807) is 7.05 Å². The molecule has 0 fully saturated rings. The van der Waals surface area contributed by atoms with Crippen LogP contribution in [0.1, 0.15) is 23.0 Å². The van der Waals surface area contributed by atoms with Gasteiger partial charge in [-0.25, -0.2) is 0 Å². The van der Waals surface area contributed by atoms with Gasteiger partial charge in [0.25, 0.3) is 0 Å². The van der Waals surface area contributed by atoms with Crippen LogP contribution < -0.4 is 5.32 Å². The van der Waals surface area contributed by atoms with Gasteiger partial charge in [0, 0.05) is 17.0 Å². The van der Waals surface area contributed by atoms with Gasteiger partial charge in [0.15, 0.2) is 0 Å². The van der Waals surface area contributed by atoms with Gasteiger partial charge in [-0.15, -0.1) is 0 Å². The van der Waals surface area contributed by atoms with Crippen LogP contribution >= 0.6 is 0 Å². The molecule has 3 N–H and O–H groups in total. The number of aromatic amines is 1. The molecule has 4 nitrogen and oxygen atoms in total. The molecule has 1 heterocycles. The fourth-order valence-electron chi connectivity index (χ4n) is 1.46. The number of nitrogens with one attached hydrogen (secondary N) is 2. The van der Waals surface area contributed by atoms with Crippen molar-refractivity contribution in [3.8, 4) is 0 Å². The lowest BCUT2D eigenvalue weighted by Gasteiger charge is -2.09. The minimum atomic E-state index is -0.857. The Balaban J connectivity index is 3.04. The Hall–Kier alpha value is -1.29. The normalized spacial score (nSPS) is 12.8. The Morgan fingerprint density at radius 1 is 1.62 bits per heavy atom. The van der Waals surface area contributed by atoms with E-state index in [0.29, 0.717) is 0 Å². The van der Waals surface area contributed by atoms with Gasteiger partial charge in [-0.1, -0.05) is 0 Å². The van der Waals surface area contributed by atoms with Crippen molar-refractivity contribution in [1.29, 1.82) is 0 Å². The van der Waals surface area contributed by atoms with E-state index in [0.717, 1.165) is 17.0 Å². The third-order valence-electron chi connectivity index (χ3n) is 2.04. The molecule has 13 heavy (non-hydrogen) atoms. The van der Waals surface area contributed by atoms with Crippen LogP contribution in [0.25, 0.3) is 0 Å². The number of hydrogen-bond donors (Lipinski definition) is 3. The molecule has 0 saturated heterocycles. The summed E-state index contributed by atoms with van der Waals surface area (Å²) < 4.78 is 0. The summed E-state index contributed by atoms with van der Waals surface area (Å²) in [5, 5.41) is 11.6. The zero-order chi connectivity index (χ0) is 10.0. The summed E-state index contributed by atoms with van der Waals surface area (Å²) in [5.41, 5.74) is 2.68. The lowest BCUT2D eigenvalue weighted by molar-refractivity contribution is -0.139. The second-order valence-corrected chi connectivity index (χ2v) is 3.09. The largest absolute Gasteiger partial charge is 0.480 e. The zero-order valence-electron chi connectivity index (χ0n) is 8.01. The summed E-state index contributed by atoms with van der Waals surface area (Å²) in [6.45, 7) is 3.78. The van der Waals surface area contributed by atoms with Crippen molar-refractivity contribution in [3.05, 3.63) is 23.0 Å². The number of likely N-dealkylation sites (N-methyl/N-ethyl adjacent to an activating group) is 1. The van der Waals surface area contributed by atoms with Gasteiger partial charge < -0.3 is 15.4 Å². The van der Waals surface area contributed by atoms with Crippen molar-refractivity contribution in [2.45, 2.75) is 19.9 Å². The summed E-state index contributed by atoms with van der Waals surface area (Å²) in [6, 6.07) is 1.23. The average Bonchev–Trinajstić information content (AvgIpc) is 2.31. The van der Waals surface area contributed by atoms with Crippen molar-refractivity contribution in [2.75, 3.05) is 7.05 Å². The van der Waals surface area contributed by atoms with Crippen molar-refractivity contribution in [3.63, 3.8) is 0 Å². The summed E-state index contributed by atoms with van der Waals surface area (Å²) in [7, 11) is 1.64. The third-order valence-corrected chi connectivity index (χ3v) is 2.04. The zero-order valence-corrected chi connectivity index (χ0v) is 8.01. The molecule has 4 heteroatoms. The van der Waals surface area contributed by atoms with E-state index in [2.05, 4.69) is 10.3 Å². The van der Waals surface area contributed by atoms with Crippen LogP contribution in [-0.4, -0.2) is 23.1 Å². The van der Waals surface area contributed by atoms with Crippen molar-refractivity contribution in [1.82, 2.24) is 10.3 Å². The number of carbonyl (C=O) groups is 1. The molecular formula is C9H14N2O2. The number of rotatable bonds is 3. The quantitative estimate of drug-likeness (QED) is 0.652. The van der Waals surface area contributed by atoms with Gasteiger partial charge in [0.2, 0.25) is 0 Å². The van der Waals surface area contributed by atoms with Gasteiger partial charge in [-0.2, -0.15) is 0 Å². The van der Waals surface area contributed by atoms with Gasteiger partial charge in [-0.3, -0.25) is 4.79 Å². The van der Waals surface area contributed by atoms with E-state index in [1.165, 1.54) is 0 Å². The maximum Gasteiger partial charge on any atom is 0.325 e. The Morgan fingerprint density at radius 2 is 2.23 bits per heavy atom. The SMILES string of the molecule is CNC(C(=O)O)c1cc(C)[nH]c1C. The third kappa shape index (κ3) is 1.89. The summed E-state index contributed by atoms with van der Waals surface area (Å²) >= 11 is 0. The number of hydrogen-bond acceptors (Lipinski definition) is 2. The fraction of sp³-hybridized carbons (Fsp3) is 0.444. The number of aryl methyl sites for hydroxylation is 2. The molecule has 0 aliphatic heterocycles. The van der Waals surface area contributed by atoms with Crippen molar-refractivity contribution < 1.29 is 9.90 Å². The van der Waals surface area contributed by atoms with E-state index in [1.807, 2.05) is 19.9 Å². The van der Waals surface area contributed by atoms with Crippen molar-refractivity contribution in [2.24, 2.45) is 0 Å². The highest BCUT2D eigenvalue weighted by Gasteiger charge is 2.20. The smallest absolute Gasteiger partial charge is 0.325 e. The van der Waals surface area contributed by atoms with Crippen LogP contribution in [0.3, 0.4) is 0 Å². The second-order valence-electron chi connectivity index (χ2n) is 3.09. The predicted octanol–water partition coefficient (Wildman–Crippen LogP) is 0.977. The first-order chi connectivity index (χ1) is 6.06. The molecule has 1 aromatic rings. The van der Waals surface area contributed by atoms with Crippen LogP contribution in [0.4, 0.5) is 0 Å². The summed E-state index contributed by atoms with van der Waals surface area (Å²) in [6.07, 6.45) is 0. The van der Waals surface area contributed by atoms with E-state index in [-0.39, 0.29) is 0 Å². The summed E-state index contributed by atoms with van der Waals surface area (Å²) in [4.78, 5) is 13.9. The van der Waals surface area contributed by atoms with Crippen molar-refractivity contribution >= 4 is 5.97 Å². The number of carboxylic acid groups (broad SMARTS) is 1. The van der Waals surface area contributed by atoms with Crippen LogP contribution in [0, 0.1) is 13.8 Å². The highest BCUT2D eigenvalue weighted by Crippen LogP contribution is 2.18. The topological polar surface area (TPSA) is 65.1 Å². The van der Waals surface area contributed by atoms with Crippen LogP contribution in [0.5, 0.6) is 0 Å². The number of aromatic nitrogens is 1. The minimum absolute atomic E-state index is 0.620. The molecule has 0 aromatic carbocycles. The van der Waals surface area contributed by atoms with Gasteiger partial charge in [-0.05, 0) is 27.0 Å². The highest BCUT2D eigenvalue weighted by atomic mass is 16.4. The van der Waals surface area contributed by atoms with Crippen LogP contribution in [0.2, 0.25) is 0 Å². The van der Waals surface area contributed by atoms with Crippen LogP contribution in [0.15, 0.2) is 6.07 Å². The van der Waals surface area contributed by atoms with Gasteiger partial charge in [0.05, 0.1) is 0 Å². The molecule has 0 aliphatic rings. The minimum Gasteiger partial charge on any atom is -0.480 e. The monoisotopic (exact) mass is 182 g/mol. The number of carboxylic acids is 1. The van der Waals surface area contributed by atoms with E-state index < -0.39 is 12.0 Å². The second kappa shape index (κ2) is 3.62. The first-order valence-corrected chi connectivity index (χ1v) is 4.12. The summed E-state index contributed by atoms with van der Waals surface area (Å²) in [5.74, 6) is -0.857. The lowest BCUT2D eigenvalue weighted by atomic mass is 10.1. The van der Waals surface area contributed by atoms with Gasteiger partial charge >= 0.3 is 5.97 Å². The first kappa shape index (κ1) is 9.80. The van der Waals surface area contributed by atoms with Gasteiger partial charge in [0.1, 0.15) is 6.04 Å². The first-order valence-electron chi connectivity index (χ1n) is 4.12. The maximum atomic E-state index is 10.8. The van der Waals surface area contributed by atoms with E-state index in [4.69, 9.17) is 5.11 Å². The average molecular weight is 182 g/mol. The highest BCUT2D eigenvalue weighted by molar-refractivity contribution is 5.76. The molecular weight excluding hydrogens is 168 g/mol. The molecule has 0 spiro atoms. The molecule has 1 rings (SSSR count). The Bertz CT molecular complexity index is 317. The molecule has 0 aliphatic carbocycles. The number of H-pyrrole nitrogens is 1. The predicted molar refractivity (Wildman–Crippen MR) is 49.7 cm³/mol. The molecule has 1 aromatic heterocycles. The Morgan fingerprint density at radius 3 is 2.54 bits per heavy atom. The van der Waals surface area contributed by atoms with E-state index in [9.17, 15) is 4.79 Å². The van der Waals surface area contributed by atoms with Crippen LogP contribution in [-0.2, 0) is 4.79 Å². The van der Waals surface area contributed by atoms with E-state index >= 15 is 0 Å². The molecule has 1 unspecified atom stereocenters. The molecule has 1 atom stereocenters. The molecule has 0 radical (unpaired) electrons. The maximum absolute atomic E-state index is 10.8. The standard InChI is InChI=1S/C9H14N2O2/c1-5-4-7(6(2)11-5)8(10-3)9(12)13/h4,8,10-11H,1-3H3,(H,12,13). The fourth-order valence-corrected chi connectivity index (χ4v) is 1.46.